The number of nitrogens with one attached hydrogen (secondary N) is 1. The quantitative estimate of drug-likeness (QED) is 0.432. The van der Waals surface area contributed by atoms with E-state index in [4.69, 9.17) is 0 Å². The molecule has 4 rings (SSSR count). The van der Waals surface area contributed by atoms with Crippen molar-refractivity contribution in [3.63, 3.8) is 0 Å². The Kier molecular flexibility index (Phi) is 6.07. The highest BCUT2D eigenvalue weighted by molar-refractivity contribution is 5.94. The Morgan fingerprint density at radius 2 is 1.62 bits per heavy atom. The van der Waals surface area contributed by atoms with E-state index in [0.29, 0.717) is 17.7 Å². The zero-order valence-electron chi connectivity index (χ0n) is 17.0. The van der Waals surface area contributed by atoms with Gasteiger partial charge >= 0.3 is 6.18 Å². The van der Waals surface area contributed by atoms with Crippen LogP contribution in [0.1, 0.15) is 27.0 Å². The van der Waals surface area contributed by atoms with Crippen LogP contribution < -0.4 is 5.32 Å². The van der Waals surface area contributed by atoms with E-state index in [9.17, 15) is 18.0 Å². The zero-order valence-corrected chi connectivity index (χ0v) is 17.0. The van der Waals surface area contributed by atoms with Gasteiger partial charge in [-0.1, -0.05) is 54.6 Å². The average molecular weight is 435 g/mol. The molecular weight excluding hydrogens is 415 g/mol. The minimum absolute atomic E-state index is 0.140. The second-order valence-electron chi connectivity index (χ2n) is 7.34. The molecule has 0 radical (unpaired) electrons. The van der Waals surface area contributed by atoms with Gasteiger partial charge in [0.2, 0.25) is 0 Å². The summed E-state index contributed by atoms with van der Waals surface area (Å²) in [4.78, 5) is 12.5. The average Bonchev–Trinajstić information content (AvgIpc) is 3.26. The van der Waals surface area contributed by atoms with Crippen molar-refractivity contribution < 1.29 is 18.0 Å². The number of nitrogens with zero attached hydrogens (tertiary/aromatic N) is 2. The fourth-order valence-electron chi connectivity index (χ4n) is 3.31. The number of halogens is 3. The fourth-order valence-corrected chi connectivity index (χ4v) is 3.31. The van der Waals surface area contributed by atoms with Gasteiger partial charge in [-0.05, 0) is 41.5 Å². The molecule has 1 aromatic heterocycles. The van der Waals surface area contributed by atoms with Gasteiger partial charge in [0.05, 0.1) is 17.8 Å². The second kappa shape index (κ2) is 9.09. The number of hydrogen-bond acceptors (Lipinski definition) is 2. The highest BCUT2D eigenvalue weighted by Gasteiger charge is 2.29. The van der Waals surface area contributed by atoms with Gasteiger partial charge in [-0.3, -0.25) is 9.48 Å². The first kappa shape index (κ1) is 21.4. The van der Waals surface area contributed by atoms with Crippen molar-refractivity contribution >= 4 is 5.91 Å². The normalized spacial score (nSPS) is 11.3. The summed E-state index contributed by atoms with van der Waals surface area (Å²) < 4.78 is 39.8. The van der Waals surface area contributed by atoms with E-state index >= 15 is 0 Å². The van der Waals surface area contributed by atoms with Gasteiger partial charge in [0.1, 0.15) is 0 Å². The van der Waals surface area contributed by atoms with E-state index in [1.807, 2.05) is 53.3 Å². The van der Waals surface area contributed by atoms with Crippen molar-refractivity contribution in [2.24, 2.45) is 0 Å². The van der Waals surface area contributed by atoms with E-state index in [1.165, 1.54) is 12.1 Å². The van der Waals surface area contributed by atoms with Crippen molar-refractivity contribution in [3.8, 4) is 11.3 Å². The minimum atomic E-state index is -4.38. The molecule has 1 N–H and O–H groups in total. The largest absolute Gasteiger partial charge is 0.416 e. The molecule has 1 amide bonds. The summed E-state index contributed by atoms with van der Waals surface area (Å²) in [5, 5.41) is 7.33. The topological polar surface area (TPSA) is 46.9 Å². The Morgan fingerprint density at radius 1 is 0.875 bits per heavy atom. The molecule has 4 aromatic rings. The van der Waals surface area contributed by atoms with E-state index in [0.717, 1.165) is 29.0 Å². The molecule has 0 aliphatic heterocycles. The van der Waals surface area contributed by atoms with Crippen molar-refractivity contribution in [2.75, 3.05) is 0 Å². The number of benzene rings is 3. The number of amides is 1. The van der Waals surface area contributed by atoms with Crippen LogP contribution in [-0.4, -0.2) is 15.7 Å². The first-order valence-corrected chi connectivity index (χ1v) is 10.0. The van der Waals surface area contributed by atoms with Crippen molar-refractivity contribution in [3.05, 3.63) is 113 Å². The maximum Gasteiger partial charge on any atom is 0.416 e. The van der Waals surface area contributed by atoms with Gasteiger partial charge in [-0.2, -0.15) is 18.3 Å². The van der Waals surface area contributed by atoms with Crippen molar-refractivity contribution in [1.82, 2.24) is 15.1 Å². The standard InChI is InChI=1S/C25H20F3N3O/c26-25(27,28)22-11-9-18(10-12-22)16-29-24(32)21-8-4-5-19(15-21)17-31-14-13-23(30-31)20-6-2-1-3-7-20/h1-15H,16-17H2,(H,29,32). The Hall–Kier alpha value is -3.87. The molecule has 4 nitrogen and oxygen atoms in total. The molecule has 0 saturated heterocycles. The third kappa shape index (κ3) is 5.24. The van der Waals surface area contributed by atoms with E-state index in [2.05, 4.69) is 10.4 Å². The zero-order chi connectivity index (χ0) is 22.6. The SMILES string of the molecule is O=C(NCc1ccc(C(F)(F)F)cc1)c1cccc(Cn2ccc(-c3ccccc3)n2)c1. The summed E-state index contributed by atoms with van der Waals surface area (Å²) in [5.74, 6) is -0.294. The number of carbonyl (C=O) groups is 1. The van der Waals surface area contributed by atoms with E-state index < -0.39 is 11.7 Å². The predicted molar refractivity (Wildman–Crippen MR) is 116 cm³/mol. The molecule has 32 heavy (non-hydrogen) atoms. The van der Waals surface area contributed by atoms with Crippen LogP contribution in [0.2, 0.25) is 0 Å². The summed E-state index contributed by atoms with van der Waals surface area (Å²) in [6.45, 7) is 0.646. The van der Waals surface area contributed by atoms with E-state index in [-0.39, 0.29) is 12.5 Å². The monoisotopic (exact) mass is 435 g/mol. The first-order chi connectivity index (χ1) is 15.4. The molecule has 0 bridgehead atoms. The molecule has 0 atom stereocenters. The third-order valence-corrected chi connectivity index (χ3v) is 4.98. The molecule has 0 saturated carbocycles. The number of hydrogen-bond donors (Lipinski definition) is 1. The fraction of sp³-hybridized carbons (Fsp3) is 0.120. The lowest BCUT2D eigenvalue weighted by molar-refractivity contribution is -0.137. The molecular formula is C25H20F3N3O. The summed E-state index contributed by atoms with van der Waals surface area (Å²) in [6, 6.07) is 23.7. The van der Waals surface area contributed by atoms with Gasteiger partial charge in [0.25, 0.3) is 5.91 Å². The highest BCUT2D eigenvalue weighted by Crippen LogP contribution is 2.29. The van der Waals surface area contributed by atoms with Crippen molar-refractivity contribution in [1.29, 1.82) is 0 Å². The van der Waals surface area contributed by atoms with Gasteiger partial charge in [-0.25, -0.2) is 0 Å². The number of aromatic nitrogens is 2. The lowest BCUT2D eigenvalue weighted by atomic mass is 10.1. The maximum absolute atomic E-state index is 12.7. The van der Waals surface area contributed by atoms with Crippen LogP contribution in [-0.2, 0) is 19.3 Å². The smallest absolute Gasteiger partial charge is 0.348 e. The molecule has 0 aliphatic carbocycles. The highest BCUT2D eigenvalue weighted by atomic mass is 19.4. The predicted octanol–water partition coefficient (Wildman–Crippen LogP) is 5.55. The minimum Gasteiger partial charge on any atom is -0.348 e. The molecule has 0 aliphatic rings. The van der Waals surface area contributed by atoms with Crippen LogP contribution in [0.15, 0.2) is 91.1 Å². The Balaban J connectivity index is 1.38. The molecule has 0 spiro atoms. The van der Waals surface area contributed by atoms with E-state index in [1.54, 1.807) is 18.2 Å². The molecule has 3 aromatic carbocycles. The molecule has 0 unspecified atom stereocenters. The molecule has 7 heteroatoms. The Bertz CT molecular complexity index is 1200. The Labute approximate surface area is 183 Å². The summed E-state index contributed by atoms with van der Waals surface area (Å²) in [5.41, 5.74) is 3.17. The summed E-state index contributed by atoms with van der Waals surface area (Å²) >= 11 is 0. The lowest BCUT2D eigenvalue weighted by Gasteiger charge is -2.09. The molecule has 0 fully saturated rings. The summed E-state index contributed by atoms with van der Waals surface area (Å²) in [6.07, 6.45) is -2.49. The van der Waals surface area contributed by atoms with Crippen LogP contribution >= 0.6 is 0 Å². The van der Waals surface area contributed by atoms with Crippen LogP contribution in [0.5, 0.6) is 0 Å². The van der Waals surface area contributed by atoms with Crippen molar-refractivity contribution in [2.45, 2.75) is 19.3 Å². The van der Waals surface area contributed by atoms with Crippen LogP contribution in [0, 0.1) is 0 Å². The third-order valence-electron chi connectivity index (χ3n) is 4.98. The van der Waals surface area contributed by atoms with Crippen LogP contribution in [0.4, 0.5) is 13.2 Å². The van der Waals surface area contributed by atoms with Crippen LogP contribution in [0.25, 0.3) is 11.3 Å². The van der Waals surface area contributed by atoms with Gasteiger partial charge in [-0.15, -0.1) is 0 Å². The maximum atomic E-state index is 12.7. The Morgan fingerprint density at radius 3 is 2.34 bits per heavy atom. The van der Waals surface area contributed by atoms with Gasteiger partial charge < -0.3 is 5.32 Å². The molecule has 162 valence electrons. The summed E-state index contributed by atoms with van der Waals surface area (Å²) in [7, 11) is 0. The molecule has 1 heterocycles. The number of carbonyl (C=O) groups excluding carboxylic acids is 1. The van der Waals surface area contributed by atoms with Crippen LogP contribution in [0.3, 0.4) is 0 Å². The van der Waals surface area contributed by atoms with Gasteiger partial charge in [0.15, 0.2) is 0 Å². The lowest BCUT2D eigenvalue weighted by Crippen LogP contribution is -2.23. The second-order valence-corrected chi connectivity index (χ2v) is 7.34. The van der Waals surface area contributed by atoms with Gasteiger partial charge in [0, 0.05) is 23.9 Å². The number of alkyl halides is 3. The number of rotatable bonds is 6. The first-order valence-electron chi connectivity index (χ1n) is 10.0.